The van der Waals surface area contributed by atoms with Crippen LogP contribution in [-0.2, 0) is 0 Å². The second-order valence-corrected chi connectivity index (χ2v) is 7.58. The SMILES string of the molecule is CN(C)CCCOc1nc2ccsc2nc1C#Cc1ccc(N(C)C)cc1. The Balaban J connectivity index is 1.82. The minimum absolute atomic E-state index is 0.511. The Kier molecular flexibility index (Phi) is 6.28. The third-order valence-corrected chi connectivity index (χ3v) is 4.76. The molecule has 0 radical (unpaired) electrons. The fourth-order valence-corrected chi connectivity index (χ4v) is 3.19. The highest BCUT2D eigenvalue weighted by molar-refractivity contribution is 7.16. The predicted molar refractivity (Wildman–Crippen MR) is 113 cm³/mol. The van der Waals surface area contributed by atoms with Crippen molar-refractivity contribution >= 4 is 27.4 Å². The number of rotatable bonds is 6. The minimum atomic E-state index is 0.511. The van der Waals surface area contributed by atoms with Crippen molar-refractivity contribution in [2.24, 2.45) is 0 Å². The molecule has 0 atom stereocenters. The van der Waals surface area contributed by atoms with Crippen LogP contribution in [0.2, 0.25) is 0 Å². The van der Waals surface area contributed by atoms with Gasteiger partial charge in [0.1, 0.15) is 10.3 Å². The van der Waals surface area contributed by atoms with Crippen LogP contribution in [0.15, 0.2) is 35.7 Å². The van der Waals surface area contributed by atoms with Crippen LogP contribution < -0.4 is 9.64 Å². The fourth-order valence-electron chi connectivity index (χ4n) is 2.48. The first-order valence-corrected chi connectivity index (χ1v) is 9.73. The molecule has 0 saturated carbocycles. The van der Waals surface area contributed by atoms with E-state index in [4.69, 9.17) is 4.74 Å². The monoisotopic (exact) mass is 380 g/mol. The van der Waals surface area contributed by atoms with Crippen molar-refractivity contribution in [1.82, 2.24) is 14.9 Å². The number of benzene rings is 1. The molecule has 0 fully saturated rings. The van der Waals surface area contributed by atoms with Gasteiger partial charge in [0, 0.05) is 31.9 Å². The molecule has 0 saturated heterocycles. The van der Waals surface area contributed by atoms with Crippen molar-refractivity contribution in [3.63, 3.8) is 0 Å². The molecule has 2 heterocycles. The van der Waals surface area contributed by atoms with E-state index >= 15 is 0 Å². The summed E-state index contributed by atoms with van der Waals surface area (Å²) in [4.78, 5) is 14.3. The molecule has 6 heteroatoms. The molecule has 140 valence electrons. The van der Waals surface area contributed by atoms with E-state index in [0.29, 0.717) is 18.2 Å². The van der Waals surface area contributed by atoms with E-state index in [0.717, 1.165) is 34.6 Å². The van der Waals surface area contributed by atoms with Gasteiger partial charge < -0.3 is 14.5 Å². The van der Waals surface area contributed by atoms with Gasteiger partial charge in [0.05, 0.1) is 6.61 Å². The number of nitrogens with zero attached hydrogens (tertiary/aromatic N) is 4. The van der Waals surface area contributed by atoms with E-state index in [2.05, 4.69) is 57.8 Å². The summed E-state index contributed by atoms with van der Waals surface area (Å²) in [6.45, 7) is 1.56. The second kappa shape index (κ2) is 8.85. The molecule has 2 aromatic heterocycles. The van der Waals surface area contributed by atoms with Gasteiger partial charge >= 0.3 is 0 Å². The molecule has 1 aromatic carbocycles. The average Bonchev–Trinajstić information content (AvgIpc) is 3.10. The molecule has 0 N–H and O–H groups in total. The smallest absolute Gasteiger partial charge is 0.249 e. The van der Waals surface area contributed by atoms with Gasteiger partial charge in [-0.2, -0.15) is 0 Å². The Bertz CT molecular complexity index is 952. The minimum Gasteiger partial charge on any atom is -0.476 e. The molecule has 0 aliphatic carbocycles. The van der Waals surface area contributed by atoms with Crippen LogP contribution in [0, 0.1) is 11.8 Å². The third kappa shape index (κ3) is 5.19. The first-order valence-electron chi connectivity index (χ1n) is 8.85. The Morgan fingerprint density at radius 2 is 1.78 bits per heavy atom. The summed E-state index contributed by atoms with van der Waals surface area (Å²) < 4.78 is 5.90. The Morgan fingerprint density at radius 1 is 1.00 bits per heavy atom. The third-order valence-electron chi connectivity index (χ3n) is 3.96. The summed E-state index contributed by atoms with van der Waals surface area (Å²) in [7, 11) is 8.14. The zero-order valence-corrected chi connectivity index (χ0v) is 17.0. The number of fused-ring (bicyclic) bond motifs is 1. The molecule has 27 heavy (non-hydrogen) atoms. The van der Waals surface area contributed by atoms with Crippen molar-refractivity contribution in [1.29, 1.82) is 0 Å². The van der Waals surface area contributed by atoms with E-state index < -0.39 is 0 Å². The first-order chi connectivity index (χ1) is 13.0. The van der Waals surface area contributed by atoms with Gasteiger partial charge in [-0.25, -0.2) is 9.97 Å². The van der Waals surface area contributed by atoms with Crippen LogP contribution >= 0.6 is 11.3 Å². The van der Waals surface area contributed by atoms with Gasteiger partial charge in [-0.15, -0.1) is 11.3 Å². The number of hydrogen-bond donors (Lipinski definition) is 0. The van der Waals surface area contributed by atoms with Crippen LogP contribution in [0.5, 0.6) is 5.88 Å². The van der Waals surface area contributed by atoms with E-state index in [9.17, 15) is 0 Å². The zero-order valence-electron chi connectivity index (χ0n) is 16.2. The van der Waals surface area contributed by atoms with Gasteiger partial charge in [-0.3, -0.25) is 0 Å². The Labute approximate surface area is 164 Å². The van der Waals surface area contributed by atoms with Crippen LogP contribution in [0.4, 0.5) is 5.69 Å². The average molecular weight is 381 g/mol. The lowest BCUT2D eigenvalue weighted by Crippen LogP contribution is -2.16. The molecule has 0 unspecified atom stereocenters. The van der Waals surface area contributed by atoms with Crippen molar-refractivity contribution in [3.05, 3.63) is 47.0 Å². The van der Waals surface area contributed by atoms with E-state index in [1.807, 2.05) is 37.7 Å². The van der Waals surface area contributed by atoms with Crippen molar-refractivity contribution < 1.29 is 4.74 Å². The Morgan fingerprint density at radius 3 is 2.48 bits per heavy atom. The molecule has 5 nitrogen and oxygen atoms in total. The number of anilines is 1. The Hall–Kier alpha value is -2.62. The lowest BCUT2D eigenvalue weighted by molar-refractivity contribution is 0.272. The number of aromatic nitrogens is 2. The van der Waals surface area contributed by atoms with Gasteiger partial charge in [-0.1, -0.05) is 5.92 Å². The van der Waals surface area contributed by atoms with Crippen LogP contribution in [0.3, 0.4) is 0 Å². The first kappa shape index (κ1) is 19.2. The molecular formula is C21H24N4OS. The fraction of sp³-hybridized carbons (Fsp3) is 0.333. The van der Waals surface area contributed by atoms with Gasteiger partial charge in [0.2, 0.25) is 5.88 Å². The summed E-state index contributed by atoms with van der Waals surface area (Å²) in [5.41, 5.74) is 3.52. The maximum absolute atomic E-state index is 5.90. The highest BCUT2D eigenvalue weighted by atomic mass is 32.1. The summed E-state index contributed by atoms with van der Waals surface area (Å²) >= 11 is 1.56. The van der Waals surface area contributed by atoms with Crippen LogP contribution in [0.1, 0.15) is 17.7 Å². The van der Waals surface area contributed by atoms with Crippen molar-refractivity contribution in [2.45, 2.75) is 6.42 Å². The lowest BCUT2D eigenvalue weighted by Gasteiger charge is -2.11. The number of thiophene rings is 1. The number of hydrogen-bond acceptors (Lipinski definition) is 6. The molecule has 0 amide bonds. The summed E-state index contributed by atoms with van der Waals surface area (Å²) in [5.74, 6) is 6.83. The van der Waals surface area contributed by atoms with Crippen LogP contribution in [-0.4, -0.2) is 56.2 Å². The maximum Gasteiger partial charge on any atom is 0.249 e. The zero-order chi connectivity index (χ0) is 19.2. The van der Waals surface area contributed by atoms with E-state index in [1.165, 1.54) is 0 Å². The molecule has 0 spiro atoms. The van der Waals surface area contributed by atoms with Gasteiger partial charge in [0.15, 0.2) is 5.69 Å². The molecule has 0 aliphatic rings. The molecule has 0 aliphatic heterocycles. The van der Waals surface area contributed by atoms with Crippen molar-refractivity contribution in [2.75, 3.05) is 46.2 Å². The molecular weight excluding hydrogens is 356 g/mol. The molecule has 3 aromatic rings. The largest absolute Gasteiger partial charge is 0.476 e. The topological polar surface area (TPSA) is 41.5 Å². The van der Waals surface area contributed by atoms with Gasteiger partial charge in [0.25, 0.3) is 0 Å². The summed E-state index contributed by atoms with van der Waals surface area (Å²) in [6, 6.07) is 10.1. The highest BCUT2D eigenvalue weighted by Crippen LogP contribution is 2.22. The summed E-state index contributed by atoms with van der Waals surface area (Å²) in [6.07, 6.45) is 0.926. The van der Waals surface area contributed by atoms with Crippen molar-refractivity contribution in [3.8, 4) is 17.7 Å². The lowest BCUT2D eigenvalue weighted by atomic mass is 10.2. The molecule has 3 rings (SSSR count). The highest BCUT2D eigenvalue weighted by Gasteiger charge is 2.09. The van der Waals surface area contributed by atoms with E-state index in [1.54, 1.807) is 11.3 Å². The second-order valence-electron chi connectivity index (χ2n) is 6.68. The van der Waals surface area contributed by atoms with Crippen LogP contribution in [0.25, 0.3) is 10.3 Å². The number of ether oxygens (including phenoxy) is 1. The summed E-state index contributed by atoms with van der Waals surface area (Å²) in [5, 5.41) is 1.98. The molecule has 0 bridgehead atoms. The normalized spacial score (nSPS) is 10.7. The predicted octanol–water partition coefficient (Wildman–Crippen LogP) is 3.49. The quantitative estimate of drug-likeness (QED) is 0.484. The van der Waals surface area contributed by atoms with Gasteiger partial charge in [-0.05, 0) is 62.1 Å². The maximum atomic E-state index is 5.90. The van der Waals surface area contributed by atoms with E-state index in [-0.39, 0.29) is 0 Å². The standard InChI is InChI=1S/C21H24N4OS/c1-24(2)13-5-14-26-20-18(23-21-19(22-20)12-15-27-21)11-8-16-6-9-17(10-7-16)25(3)4/h6-7,9-10,12,15H,5,13-14H2,1-4H3.